The first-order valence-corrected chi connectivity index (χ1v) is 7.60. The van der Waals surface area contributed by atoms with Crippen molar-refractivity contribution >= 4 is 18.6 Å². The van der Waals surface area contributed by atoms with Crippen molar-refractivity contribution in [2.75, 3.05) is 6.16 Å². The molecule has 0 fully saturated rings. The van der Waals surface area contributed by atoms with Gasteiger partial charge in [0.15, 0.2) is 0 Å². The lowest BCUT2D eigenvalue weighted by molar-refractivity contribution is 0.377. The first kappa shape index (κ1) is 14.5. The van der Waals surface area contributed by atoms with Gasteiger partial charge >= 0.3 is 18.7 Å². The summed E-state index contributed by atoms with van der Waals surface area (Å²) in [5, 5.41) is 0. The molecule has 2 rings (SSSR count). The van der Waals surface area contributed by atoms with E-state index in [1.807, 2.05) is 0 Å². The summed E-state index contributed by atoms with van der Waals surface area (Å²) in [6.07, 6.45) is 3.06. The van der Waals surface area contributed by atoms with Crippen LogP contribution >= 0.6 is 7.60 Å². The molecule has 0 saturated heterocycles. The van der Waals surface area contributed by atoms with Gasteiger partial charge in [-0.1, -0.05) is 24.3 Å². The van der Waals surface area contributed by atoms with Crippen LogP contribution in [0.15, 0.2) is 39.9 Å². The summed E-state index contributed by atoms with van der Waals surface area (Å²) in [6.45, 7) is 0. The SMILES string of the molecule is O=c1[nH]c2cccc(CC=CCP(=O)(O)O)c2[nH]c1=O. The summed E-state index contributed by atoms with van der Waals surface area (Å²) in [7, 11) is -4.04. The van der Waals surface area contributed by atoms with E-state index in [1.54, 1.807) is 24.3 Å². The second-order valence-electron chi connectivity index (χ2n) is 4.27. The average molecular weight is 296 g/mol. The first-order chi connectivity index (χ1) is 9.37. The summed E-state index contributed by atoms with van der Waals surface area (Å²) in [5.74, 6) is 0. The fraction of sp³-hybridized carbons (Fsp3) is 0.167. The van der Waals surface area contributed by atoms with Crippen molar-refractivity contribution in [3.63, 3.8) is 0 Å². The number of nitrogens with one attached hydrogen (secondary N) is 2. The van der Waals surface area contributed by atoms with Crippen molar-refractivity contribution in [2.24, 2.45) is 0 Å². The summed E-state index contributed by atoms with van der Waals surface area (Å²) < 4.78 is 10.7. The molecule has 0 radical (unpaired) electrons. The fourth-order valence-corrected chi connectivity index (χ4v) is 2.22. The van der Waals surface area contributed by atoms with E-state index < -0.39 is 18.7 Å². The molecule has 0 amide bonds. The Hall–Kier alpha value is -1.95. The molecule has 0 saturated carbocycles. The van der Waals surface area contributed by atoms with Crippen LogP contribution in [0.3, 0.4) is 0 Å². The van der Waals surface area contributed by atoms with Gasteiger partial charge in [-0.3, -0.25) is 14.2 Å². The van der Waals surface area contributed by atoms with Gasteiger partial charge in [0, 0.05) is 0 Å². The highest BCUT2D eigenvalue weighted by atomic mass is 31.2. The Balaban J connectivity index is 2.31. The Morgan fingerprint density at radius 2 is 1.80 bits per heavy atom. The molecular formula is C12H13N2O5P. The smallest absolute Gasteiger partial charge is 0.324 e. The molecule has 0 aliphatic heterocycles. The van der Waals surface area contributed by atoms with Crippen LogP contribution in [-0.4, -0.2) is 25.9 Å². The van der Waals surface area contributed by atoms with Crippen molar-refractivity contribution in [3.8, 4) is 0 Å². The van der Waals surface area contributed by atoms with Crippen molar-refractivity contribution in [2.45, 2.75) is 6.42 Å². The summed E-state index contributed by atoms with van der Waals surface area (Å²) >= 11 is 0. The second kappa shape index (κ2) is 5.58. The van der Waals surface area contributed by atoms with E-state index in [-0.39, 0.29) is 6.16 Å². The molecule has 0 spiro atoms. The minimum Gasteiger partial charge on any atom is -0.324 e. The minimum atomic E-state index is -4.04. The van der Waals surface area contributed by atoms with E-state index in [4.69, 9.17) is 9.79 Å². The number of hydrogen-bond acceptors (Lipinski definition) is 3. The van der Waals surface area contributed by atoms with Gasteiger partial charge in [0.05, 0.1) is 17.2 Å². The molecule has 0 unspecified atom stereocenters. The fourth-order valence-electron chi connectivity index (χ4n) is 1.79. The topological polar surface area (TPSA) is 123 Å². The van der Waals surface area contributed by atoms with Crippen molar-refractivity contribution in [1.82, 2.24) is 9.97 Å². The molecule has 1 heterocycles. The number of benzene rings is 1. The van der Waals surface area contributed by atoms with E-state index in [2.05, 4.69) is 9.97 Å². The number of fused-ring (bicyclic) bond motifs is 1. The Bertz CT molecular complexity index is 814. The highest BCUT2D eigenvalue weighted by Gasteiger charge is 2.08. The van der Waals surface area contributed by atoms with E-state index in [0.717, 1.165) is 5.56 Å². The first-order valence-electron chi connectivity index (χ1n) is 5.80. The number of allylic oxidation sites excluding steroid dienone is 2. The Morgan fingerprint density at radius 1 is 1.10 bits per heavy atom. The maximum Gasteiger partial charge on any atom is 0.329 e. The second-order valence-corrected chi connectivity index (χ2v) is 5.97. The Labute approximate surface area is 113 Å². The number of aromatic nitrogens is 2. The highest BCUT2D eigenvalue weighted by molar-refractivity contribution is 7.51. The largest absolute Gasteiger partial charge is 0.329 e. The molecule has 1 aromatic heterocycles. The van der Waals surface area contributed by atoms with Gasteiger partial charge in [0.1, 0.15) is 0 Å². The molecule has 0 atom stereocenters. The molecule has 0 bridgehead atoms. The maximum atomic E-state index is 11.3. The highest BCUT2D eigenvalue weighted by Crippen LogP contribution is 2.33. The Morgan fingerprint density at radius 3 is 2.50 bits per heavy atom. The summed E-state index contributed by atoms with van der Waals surface area (Å²) in [4.78, 5) is 45.0. The van der Waals surface area contributed by atoms with E-state index in [1.165, 1.54) is 6.08 Å². The van der Waals surface area contributed by atoms with Gasteiger partial charge in [-0.15, -0.1) is 0 Å². The molecule has 0 aliphatic rings. The molecule has 2 aromatic rings. The molecule has 0 aliphatic carbocycles. The average Bonchev–Trinajstić information content (AvgIpc) is 2.35. The monoisotopic (exact) mass is 296 g/mol. The lowest BCUT2D eigenvalue weighted by atomic mass is 10.1. The van der Waals surface area contributed by atoms with Gasteiger partial charge in [-0.2, -0.15) is 0 Å². The van der Waals surface area contributed by atoms with Gasteiger partial charge < -0.3 is 19.8 Å². The van der Waals surface area contributed by atoms with Crippen molar-refractivity contribution < 1.29 is 14.4 Å². The van der Waals surface area contributed by atoms with Crippen LogP contribution in [0.4, 0.5) is 0 Å². The molecular weight excluding hydrogens is 283 g/mol. The zero-order valence-electron chi connectivity index (χ0n) is 10.4. The zero-order chi connectivity index (χ0) is 14.8. The third-order valence-electron chi connectivity index (χ3n) is 2.69. The third-order valence-corrected chi connectivity index (χ3v) is 3.38. The van der Waals surface area contributed by atoms with Crippen LogP contribution in [-0.2, 0) is 11.0 Å². The van der Waals surface area contributed by atoms with Crippen LogP contribution in [0.25, 0.3) is 11.0 Å². The van der Waals surface area contributed by atoms with Crippen LogP contribution in [0, 0.1) is 0 Å². The number of H-pyrrole nitrogens is 2. The normalized spacial score (nSPS) is 12.3. The van der Waals surface area contributed by atoms with Crippen molar-refractivity contribution in [3.05, 3.63) is 56.6 Å². The van der Waals surface area contributed by atoms with Gasteiger partial charge in [-0.05, 0) is 18.1 Å². The van der Waals surface area contributed by atoms with E-state index >= 15 is 0 Å². The zero-order valence-corrected chi connectivity index (χ0v) is 11.3. The number of para-hydroxylation sites is 1. The van der Waals surface area contributed by atoms with Gasteiger partial charge in [-0.25, -0.2) is 0 Å². The van der Waals surface area contributed by atoms with Crippen LogP contribution < -0.4 is 11.1 Å². The number of hydrogen-bond donors (Lipinski definition) is 4. The van der Waals surface area contributed by atoms with Gasteiger partial charge in [0.25, 0.3) is 0 Å². The lowest BCUT2D eigenvalue weighted by Gasteiger charge is -2.03. The standard InChI is InChI=1S/C12H13N2O5P/c15-11-12(16)14-10-8(5-3-6-9(10)13-11)4-1-2-7-20(17,18)19/h1-3,5-6H,4,7H2,(H,13,15)(H,14,16)(H2,17,18,19). The van der Waals surface area contributed by atoms with E-state index in [9.17, 15) is 14.2 Å². The van der Waals surface area contributed by atoms with Crippen molar-refractivity contribution in [1.29, 1.82) is 0 Å². The molecule has 4 N–H and O–H groups in total. The summed E-state index contributed by atoms with van der Waals surface area (Å²) in [6, 6.07) is 5.15. The van der Waals surface area contributed by atoms with Crippen LogP contribution in [0.2, 0.25) is 0 Å². The third kappa shape index (κ3) is 3.54. The molecule has 1 aromatic carbocycles. The maximum absolute atomic E-state index is 11.3. The number of rotatable bonds is 4. The molecule has 106 valence electrons. The van der Waals surface area contributed by atoms with E-state index in [0.29, 0.717) is 17.5 Å². The molecule has 8 heteroatoms. The predicted molar refractivity (Wildman–Crippen MR) is 74.9 cm³/mol. The van der Waals surface area contributed by atoms with Gasteiger partial charge in [0.2, 0.25) is 0 Å². The lowest BCUT2D eigenvalue weighted by Crippen LogP contribution is -2.29. The quantitative estimate of drug-likeness (QED) is 0.371. The predicted octanol–water partition coefficient (Wildman–Crippen LogP) is 0.493. The van der Waals surface area contributed by atoms with Crippen LogP contribution in [0.5, 0.6) is 0 Å². The minimum absolute atomic E-state index is 0.328. The molecule has 7 nitrogen and oxygen atoms in total. The van der Waals surface area contributed by atoms with Crippen LogP contribution in [0.1, 0.15) is 5.56 Å². The molecule has 20 heavy (non-hydrogen) atoms. The Kier molecular flexibility index (Phi) is 4.04. The number of aromatic amines is 2. The summed E-state index contributed by atoms with van der Waals surface area (Å²) in [5.41, 5.74) is 0.321.